The summed E-state index contributed by atoms with van der Waals surface area (Å²) in [7, 11) is 1.69. The van der Waals surface area contributed by atoms with Crippen LogP contribution in [-0.2, 0) is 6.42 Å². The number of hydrogen-bond acceptors (Lipinski definition) is 3. The smallest absolute Gasteiger partial charge is 0.118 e. The predicted octanol–water partition coefficient (Wildman–Crippen LogP) is 1.55. The van der Waals surface area contributed by atoms with Gasteiger partial charge in [-0.05, 0) is 43.0 Å². The second kappa shape index (κ2) is 6.03. The zero-order valence-electron chi connectivity index (χ0n) is 10.4. The Bertz CT molecular complexity index is 337. The topological polar surface area (TPSA) is 32.7 Å². The lowest BCUT2D eigenvalue weighted by Gasteiger charge is -2.15. The van der Waals surface area contributed by atoms with Crippen LogP contribution in [0.15, 0.2) is 24.3 Å². The van der Waals surface area contributed by atoms with Crippen LogP contribution in [0.2, 0.25) is 0 Å². The van der Waals surface area contributed by atoms with Gasteiger partial charge < -0.3 is 14.7 Å². The van der Waals surface area contributed by atoms with Gasteiger partial charge in [0.15, 0.2) is 0 Å². The highest BCUT2D eigenvalue weighted by atomic mass is 16.5. The van der Waals surface area contributed by atoms with Gasteiger partial charge in [-0.2, -0.15) is 0 Å². The van der Waals surface area contributed by atoms with Crippen LogP contribution in [0.3, 0.4) is 0 Å². The lowest BCUT2D eigenvalue weighted by molar-refractivity contribution is 0.222. The minimum Gasteiger partial charge on any atom is -0.497 e. The fourth-order valence-electron chi connectivity index (χ4n) is 2.34. The molecular formula is C14H21NO2. The molecule has 1 saturated heterocycles. The van der Waals surface area contributed by atoms with Crippen molar-refractivity contribution in [1.29, 1.82) is 0 Å². The van der Waals surface area contributed by atoms with Crippen molar-refractivity contribution in [3.05, 3.63) is 29.8 Å². The highest BCUT2D eigenvalue weighted by molar-refractivity contribution is 5.27. The van der Waals surface area contributed by atoms with E-state index in [2.05, 4.69) is 17.0 Å². The summed E-state index contributed by atoms with van der Waals surface area (Å²) >= 11 is 0. The zero-order chi connectivity index (χ0) is 12.1. The van der Waals surface area contributed by atoms with Crippen molar-refractivity contribution in [1.82, 2.24) is 4.90 Å². The van der Waals surface area contributed by atoms with Crippen LogP contribution in [0, 0.1) is 5.92 Å². The molecule has 0 aromatic heterocycles. The van der Waals surface area contributed by atoms with Gasteiger partial charge >= 0.3 is 0 Å². The minimum atomic E-state index is 0.332. The number of methoxy groups -OCH3 is 1. The Morgan fingerprint density at radius 2 is 2.12 bits per heavy atom. The first-order valence-electron chi connectivity index (χ1n) is 6.28. The first-order valence-corrected chi connectivity index (χ1v) is 6.28. The maximum absolute atomic E-state index is 9.09. The van der Waals surface area contributed by atoms with Crippen molar-refractivity contribution in [2.45, 2.75) is 12.8 Å². The standard InChI is InChI=1S/C14H21NO2/c1-17-14-4-2-12(3-5-14)6-8-15-9-7-13(10-15)11-16/h2-5,13,16H,6-11H2,1H3/t13-/m1/s1. The predicted molar refractivity (Wildman–Crippen MR) is 68.3 cm³/mol. The van der Waals surface area contributed by atoms with Crippen LogP contribution in [0.4, 0.5) is 0 Å². The number of nitrogens with zero attached hydrogens (tertiary/aromatic N) is 1. The van der Waals surface area contributed by atoms with Crippen molar-refractivity contribution < 1.29 is 9.84 Å². The second-order valence-corrected chi connectivity index (χ2v) is 4.74. The minimum absolute atomic E-state index is 0.332. The van der Waals surface area contributed by atoms with Gasteiger partial charge in [-0.15, -0.1) is 0 Å². The van der Waals surface area contributed by atoms with Crippen molar-refractivity contribution in [2.24, 2.45) is 5.92 Å². The maximum Gasteiger partial charge on any atom is 0.118 e. The summed E-state index contributed by atoms with van der Waals surface area (Å²) in [5.74, 6) is 1.40. The van der Waals surface area contributed by atoms with Gasteiger partial charge in [0.2, 0.25) is 0 Å². The molecule has 0 amide bonds. The quantitative estimate of drug-likeness (QED) is 0.840. The molecule has 0 radical (unpaired) electrons. The van der Waals surface area contributed by atoms with Crippen molar-refractivity contribution in [3.8, 4) is 5.75 Å². The summed E-state index contributed by atoms with van der Waals surface area (Å²) in [4.78, 5) is 2.44. The summed E-state index contributed by atoms with van der Waals surface area (Å²) in [6.07, 6.45) is 2.21. The van der Waals surface area contributed by atoms with Gasteiger partial charge in [0.05, 0.1) is 7.11 Å². The fraction of sp³-hybridized carbons (Fsp3) is 0.571. The molecule has 0 bridgehead atoms. The van der Waals surface area contributed by atoms with E-state index in [1.807, 2.05) is 12.1 Å². The number of aliphatic hydroxyl groups is 1. The van der Waals surface area contributed by atoms with Gasteiger partial charge in [-0.1, -0.05) is 12.1 Å². The van der Waals surface area contributed by atoms with Gasteiger partial charge in [-0.25, -0.2) is 0 Å². The summed E-state index contributed by atoms with van der Waals surface area (Å²) < 4.78 is 5.14. The Morgan fingerprint density at radius 3 is 2.71 bits per heavy atom. The highest BCUT2D eigenvalue weighted by Crippen LogP contribution is 2.16. The van der Waals surface area contributed by atoms with E-state index in [4.69, 9.17) is 9.84 Å². The van der Waals surface area contributed by atoms with E-state index in [1.54, 1.807) is 7.11 Å². The summed E-state index contributed by atoms with van der Waals surface area (Å²) in [6, 6.07) is 8.27. The lowest BCUT2D eigenvalue weighted by Crippen LogP contribution is -2.24. The summed E-state index contributed by atoms with van der Waals surface area (Å²) in [5, 5.41) is 9.09. The van der Waals surface area contributed by atoms with E-state index in [0.717, 1.165) is 38.2 Å². The second-order valence-electron chi connectivity index (χ2n) is 4.74. The first-order chi connectivity index (χ1) is 8.31. The Balaban J connectivity index is 1.78. The highest BCUT2D eigenvalue weighted by Gasteiger charge is 2.20. The number of rotatable bonds is 5. The van der Waals surface area contributed by atoms with E-state index in [1.165, 1.54) is 5.56 Å². The molecule has 94 valence electrons. The first kappa shape index (κ1) is 12.4. The molecule has 3 nitrogen and oxygen atoms in total. The average molecular weight is 235 g/mol. The SMILES string of the molecule is COc1ccc(CCN2CC[C@@H](CO)C2)cc1. The molecule has 0 aliphatic carbocycles. The molecule has 17 heavy (non-hydrogen) atoms. The molecule has 1 aromatic carbocycles. The molecule has 1 heterocycles. The molecular weight excluding hydrogens is 214 g/mol. The van der Waals surface area contributed by atoms with Gasteiger partial charge in [0.25, 0.3) is 0 Å². The normalized spacial score (nSPS) is 20.7. The molecule has 0 spiro atoms. The molecule has 1 aliphatic rings. The molecule has 2 rings (SSSR count). The van der Waals surface area contributed by atoms with E-state index >= 15 is 0 Å². The third-order valence-electron chi connectivity index (χ3n) is 3.50. The van der Waals surface area contributed by atoms with E-state index in [0.29, 0.717) is 12.5 Å². The number of hydrogen-bond donors (Lipinski definition) is 1. The van der Waals surface area contributed by atoms with E-state index < -0.39 is 0 Å². The third-order valence-corrected chi connectivity index (χ3v) is 3.50. The van der Waals surface area contributed by atoms with Crippen LogP contribution in [-0.4, -0.2) is 43.4 Å². The monoisotopic (exact) mass is 235 g/mol. The van der Waals surface area contributed by atoms with Gasteiger partial charge in [0.1, 0.15) is 5.75 Å². The number of likely N-dealkylation sites (tertiary alicyclic amines) is 1. The molecule has 1 aromatic rings. The number of benzene rings is 1. The summed E-state index contributed by atoms with van der Waals surface area (Å²) in [6.45, 7) is 3.59. The largest absolute Gasteiger partial charge is 0.497 e. The Morgan fingerprint density at radius 1 is 1.35 bits per heavy atom. The van der Waals surface area contributed by atoms with Crippen molar-refractivity contribution >= 4 is 0 Å². The zero-order valence-corrected chi connectivity index (χ0v) is 10.4. The van der Waals surface area contributed by atoms with Crippen molar-refractivity contribution in [2.75, 3.05) is 33.4 Å². The van der Waals surface area contributed by atoms with E-state index in [-0.39, 0.29) is 0 Å². The Labute approximate surface area is 103 Å². The van der Waals surface area contributed by atoms with E-state index in [9.17, 15) is 0 Å². The van der Waals surface area contributed by atoms with Gasteiger partial charge in [0, 0.05) is 19.7 Å². The molecule has 3 heteroatoms. The Kier molecular flexibility index (Phi) is 4.40. The average Bonchev–Trinajstić information content (AvgIpc) is 2.85. The molecule has 0 saturated carbocycles. The molecule has 0 unspecified atom stereocenters. The van der Waals surface area contributed by atoms with Crippen LogP contribution in [0.1, 0.15) is 12.0 Å². The lowest BCUT2D eigenvalue weighted by atomic mass is 10.1. The molecule has 1 aliphatic heterocycles. The van der Waals surface area contributed by atoms with Crippen LogP contribution in [0.25, 0.3) is 0 Å². The maximum atomic E-state index is 9.09. The van der Waals surface area contributed by atoms with Crippen molar-refractivity contribution in [3.63, 3.8) is 0 Å². The third kappa shape index (κ3) is 3.45. The number of ether oxygens (including phenoxy) is 1. The molecule has 1 N–H and O–H groups in total. The van der Waals surface area contributed by atoms with Crippen LogP contribution in [0.5, 0.6) is 5.75 Å². The van der Waals surface area contributed by atoms with Gasteiger partial charge in [-0.3, -0.25) is 0 Å². The fourth-order valence-corrected chi connectivity index (χ4v) is 2.34. The van der Waals surface area contributed by atoms with Crippen LogP contribution < -0.4 is 4.74 Å². The Hall–Kier alpha value is -1.06. The van der Waals surface area contributed by atoms with Crippen LogP contribution >= 0.6 is 0 Å². The number of aliphatic hydroxyl groups excluding tert-OH is 1. The molecule has 1 atom stereocenters. The summed E-state index contributed by atoms with van der Waals surface area (Å²) in [5.41, 5.74) is 1.35. The molecule has 1 fully saturated rings.